The summed E-state index contributed by atoms with van der Waals surface area (Å²) in [5.74, 6) is 0.483. The number of carbonyl (C=O) groups excluding carboxylic acids is 1. The number of hydrogen-bond acceptors (Lipinski definition) is 5. The summed E-state index contributed by atoms with van der Waals surface area (Å²) in [6, 6.07) is 3.45. The number of rotatable bonds is 4. The molecule has 0 aliphatic rings. The van der Waals surface area contributed by atoms with Gasteiger partial charge in [-0.15, -0.1) is 0 Å². The fraction of sp³-hybridized carbons (Fsp3) is 0.231. The lowest BCUT2D eigenvalue weighted by molar-refractivity contribution is 0.102. The molecule has 2 rings (SSSR count). The molecule has 2 aromatic rings. The van der Waals surface area contributed by atoms with E-state index in [0.29, 0.717) is 17.1 Å². The Bertz CT molecular complexity index is 571. The van der Waals surface area contributed by atoms with Crippen molar-refractivity contribution < 1.29 is 4.79 Å². The number of aryl methyl sites for hydroxylation is 1. The molecule has 0 unspecified atom stereocenters. The maximum atomic E-state index is 12.1. The molecule has 2 N–H and O–H groups in total. The standard InChI is InChI=1S/C13H15N5O/c1-3-16-12-5-10(4-9(2)17-12)13(19)18-11-6-14-8-15-7-11/h4-8H,3H2,1-2H3,(H,16,17)(H,18,19). The SMILES string of the molecule is CCNc1cc(C(=O)Nc2cncnc2)cc(C)n1. The van der Waals surface area contributed by atoms with E-state index in [1.807, 2.05) is 13.8 Å². The van der Waals surface area contributed by atoms with Gasteiger partial charge in [0.25, 0.3) is 5.91 Å². The molecule has 0 spiro atoms. The summed E-state index contributed by atoms with van der Waals surface area (Å²) in [5, 5.41) is 5.83. The molecule has 1 amide bonds. The summed E-state index contributed by atoms with van der Waals surface area (Å²) >= 11 is 0. The van der Waals surface area contributed by atoms with Gasteiger partial charge in [-0.3, -0.25) is 4.79 Å². The van der Waals surface area contributed by atoms with E-state index in [2.05, 4.69) is 25.6 Å². The molecule has 0 radical (unpaired) electrons. The van der Waals surface area contributed by atoms with Gasteiger partial charge in [0.15, 0.2) is 0 Å². The van der Waals surface area contributed by atoms with E-state index in [-0.39, 0.29) is 5.91 Å². The molecule has 2 aromatic heterocycles. The average Bonchev–Trinajstić information content (AvgIpc) is 2.39. The molecule has 0 aliphatic carbocycles. The number of amides is 1. The third-order valence-corrected chi connectivity index (χ3v) is 2.39. The van der Waals surface area contributed by atoms with E-state index in [0.717, 1.165) is 12.2 Å². The molecule has 98 valence electrons. The topological polar surface area (TPSA) is 79.8 Å². The molecular formula is C13H15N5O. The van der Waals surface area contributed by atoms with Crippen molar-refractivity contribution in [2.45, 2.75) is 13.8 Å². The van der Waals surface area contributed by atoms with Crippen LogP contribution >= 0.6 is 0 Å². The van der Waals surface area contributed by atoms with Crippen LogP contribution in [0.4, 0.5) is 11.5 Å². The van der Waals surface area contributed by atoms with E-state index >= 15 is 0 Å². The summed E-state index contributed by atoms with van der Waals surface area (Å²) in [6.07, 6.45) is 4.50. The first kappa shape index (κ1) is 12.9. The minimum Gasteiger partial charge on any atom is -0.370 e. The maximum absolute atomic E-state index is 12.1. The zero-order valence-corrected chi connectivity index (χ0v) is 10.8. The zero-order valence-electron chi connectivity index (χ0n) is 10.8. The fourth-order valence-electron chi connectivity index (χ4n) is 1.64. The fourth-order valence-corrected chi connectivity index (χ4v) is 1.64. The van der Waals surface area contributed by atoms with Crippen LogP contribution in [0.3, 0.4) is 0 Å². The van der Waals surface area contributed by atoms with Gasteiger partial charge >= 0.3 is 0 Å². The first-order chi connectivity index (χ1) is 9.19. The van der Waals surface area contributed by atoms with Gasteiger partial charge in [-0.25, -0.2) is 15.0 Å². The second kappa shape index (κ2) is 5.90. The number of pyridine rings is 1. The molecule has 2 heterocycles. The van der Waals surface area contributed by atoms with Crippen molar-refractivity contribution in [3.05, 3.63) is 42.1 Å². The van der Waals surface area contributed by atoms with Crippen LogP contribution in [0.2, 0.25) is 0 Å². The third-order valence-electron chi connectivity index (χ3n) is 2.39. The summed E-state index contributed by atoms with van der Waals surface area (Å²) in [6.45, 7) is 4.58. The van der Waals surface area contributed by atoms with Crippen molar-refractivity contribution in [3.63, 3.8) is 0 Å². The molecule has 19 heavy (non-hydrogen) atoms. The van der Waals surface area contributed by atoms with Crippen molar-refractivity contribution in [2.24, 2.45) is 0 Å². The Hall–Kier alpha value is -2.50. The van der Waals surface area contributed by atoms with Gasteiger partial charge in [0.1, 0.15) is 12.1 Å². The van der Waals surface area contributed by atoms with Gasteiger partial charge in [0, 0.05) is 17.8 Å². The lowest BCUT2D eigenvalue weighted by Crippen LogP contribution is -2.13. The highest BCUT2D eigenvalue weighted by atomic mass is 16.1. The summed E-state index contributed by atoms with van der Waals surface area (Å²) in [5.41, 5.74) is 1.90. The monoisotopic (exact) mass is 257 g/mol. The molecule has 0 fully saturated rings. The molecule has 6 nitrogen and oxygen atoms in total. The number of anilines is 2. The number of nitrogens with one attached hydrogen (secondary N) is 2. The Kier molecular flexibility index (Phi) is 4.02. The molecule has 0 saturated carbocycles. The van der Waals surface area contributed by atoms with E-state index in [1.165, 1.54) is 6.33 Å². The van der Waals surface area contributed by atoms with E-state index < -0.39 is 0 Å². The number of hydrogen-bond donors (Lipinski definition) is 2. The van der Waals surface area contributed by atoms with E-state index in [4.69, 9.17) is 0 Å². The van der Waals surface area contributed by atoms with Crippen LogP contribution in [0.5, 0.6) is 0 Å². The molecule has 0 bridgehead atoms. The Morgan fingerprint density at radius 2 is 2.00 bits per heavy atom. The van der Waals surface area contributed by atoms with Crippen molar-refractivity contribution in [1.82, 2.24) is 15.0 Å². The second-order valence-electron chi connectivity index (χ2n) is 3.99. The van der Waals surface area contributed by atoms with Gasteiger partial charge < -0.3 is 10.6 Å². The van der Waals surface area contributed by atoms with Crippen LogP contribution in [0.15, 0.2) is 30.9 Å². The zero-order chi connectivity index (χ0) is 13.7. The van der Waals surface area contributed by atoms with Crippen LogP contribution in [0, 0.1) is 6.92 Å². The van der Waals surface area contributed by atoms with Crippen molar-refractivity contribution in [1.29, 1.82) is 0 Å². The van der Waals surface area contributed by atoms with Gasteiger partial charge in [-0.05, 0) is 26.0 Å². The lowest BCUT2D eigenvalue weighted by Gasteiger charge is -2.08. The lowest BCUT2D eigenvalue weighted by atomic mass is 10.2. The number of carbonyl (C=O) groups is 1. The van der Waals surface area contributed by atoms with Gasteiger partial charge in [-0.2, -0.15) is 0 Å². The van der Waals surface area contributed by atoms with Crippen molar-refractivity contribution in [3.8, 4) is 0 Å². The maximum Gasteiger partial charge on any atom is 0.255 e. The minimum atomic E-state index is -0.209. The molecule has 0 aliphatic heterocycles. The Morgan fingerprint density at radius 1 is 1.26 bits per heavy atom. The van der Waals surface area contributed by atoms with Crippen LogP contribution in [-0.4, -0.2) is 27.4 Å². The van der Waals surface area contributed by atoms with Crippen LogP contribution in [0.25, 0.3) is 0 Å². The Morgan fingerprint density at radius 3 is 2.68 bits per heavy atom. The molecule has 0 aromatic carbocycles. The largest absolute Gasteiger partial charge is 0.370 e. The second-order valence-corrected chi connectivity index (χ2v) is 3.99. The highest BCUT2D eigenvalue weighted by molar-refractivity contribution is 6.04. The highest BCUT2D eigenvalue weighted by Gasteiger charge is 2.09. The molecule has 6 heteroatoms. The first-order valence-corrected chi connectivity index (χ1v) is 5.98. The highest BCUT2D eigenvalue weighted by Crippen LogP contribution is 2.12. The Labute approximate surface area is 111 Å². The van der Waals surface area contributed by atoms with Crippen molar-refractivity contribution in [2.75, 3.05) is 17.2 Å². The van der Waals surface area contributed by atoms with Gasteiger partial charge in [-0.1, -0.05) is 0 Å². The van der Waals surface area contributed by atoms with Gasteiger partial charge in [0.05, 0.1) is 18.1 Å². The van der Waals surface area contributed by atoms with E-state index in [1.54, 1.807) is 24.5 Å². The summed E-state index contributed by atoms with van der Waals surface area (Å²) in [4.78, 5) is 24.1. The Balaban J connectivity index is 2.19. The van der Waals surface area contributed by atoms with Crippen molar-refractivity contribution >= 4 is 17.4 Å². The molecule has 0 atom stereocenters. The predicted molar refractivity (Wildman–Crippen MR) is 73.1 cm³/mol. The van der Waals surface area contributed by atoms with Gasteiger partial charge in [0.2, 0.25) is 0 Å². The van der Waals surface area contributed by atoms with E-state index in [9.17, 15) is 4.79 Å². The normalized spacial score (nSPS) is 10.0. The minimum absolute atomic E-state index is 0.209. The third kappa shape index (κ3) is 3.48. The van der Waals surface area contributed by atoms with Crippen LogP contribution in [-0.2, 0) is 0 Å². The van der Waals surface area contributed by atoms with Crippen LogP contribution < -0.4 is 10.6 Å². The smallest absolute Gasteiger partial charge is 0.255 e. The summed E-state index contributed by atoms with van der Waals surface area (Å²) in [7, 11) is 0. The predicted octanol–water partition coefficient (Wildman–Crippen LogP) is 1.86. The number of aromatic nitrogens is 3. The molecular weight excluding hydrogens is 242 g/mol. The summed E-state index contributed by atoms with van der Waals surface area (Å²) < 4.78 is 0. The quantitative estimate of drug-likeness (QED) is 0.874. The number of nitrogens with zero attached hydrogens (tertiary/aromatic N) is 3. The van der Waals surface area contributed by atoms with Crippen LogP contribution in [0.1, 0.15) is 23.0 Å². The average molecular weight is 257 g/mol. The molecule has 0 saturated heterocycles. The first-order valence-electron chi connectivity index (χ1n) is 5.98.